The molecular weight excluding hydrogens is 384 g/mol. The second-order valence-electron chi connectivity index (χ2n) is 6.35. The van der Waals surface area contributed by atoms with Crippen molar-refractivity contribution in [3.05, 3.63) is 35.9 Å². The lowest BCUT2D eigenvalue weighted by Gasteiger charge is -2.22. The first-order valence-electron chi connectivity index (χ1n) is 8.84. The van der Waals surface area contributed by atoms with Crippen molar-refractivity contribution >= 4 is 23.7 Å². The van der Waals surface area contributed by atoms with E-state index in [1.54, 1.807) is 24.3 Å². The summed E-state index contributed by atoms with van der Waals surface area (Å²) in [6, 6.07) is 3.97. The van der Waals surface area contributed by atoms with E-state index in [1.165, 1.54) is 6.92 Å². The van der Waals surface area contributed by atoms with Crippen molar-refractivity contribution in [3.8, 4) is 0 Å². The number of carbonyl (C=O) groups is 4. The number of benzene rings is 1. The van der Waals surface area contributed by atoms with Crippen LogP contribution in [0.1, 0.15) is 12.5 Å². The van der Waals surface area contributed by atoms with Crippen LogP contribution in [0.25, 0.3) is 0 Å². The van der Waals surface area contributed by atoms with Crippen LogP contribution in [-0.4, -0.2) is 76.4 Å². The molecule has 29 heavy (non-hydrogen) atoms. The van der Waals surface area contributed by atoms with E-state index in [2.05, 4.69) is 10.6 Å². The molecule has 11 nitrogen and oxygen atoms in total. The van der Waals surface area contributed by atoms with Crippen molar-refractivity contribution in [2.24, 2.45) is 5.73 Å². The molecule has 0 aliphatic rings. The SMILES string of the molecule is CC(NC(=O)C(CO)NC(=O)C(N)Cc1ccccc1)C(=O)NC(CO)C(=O)O. The first-order valence-corrected chi connectivity index (χ1v) is 8.84. The number of rotatable bonds is 11. The predicted molar refractivity (Wildman–Crippen MR) is 101 cm³/mol. The molecular formula is C18H26N4O7. The van der Waals surface area contributed by atoms with Gasteiger partial charge in [0, 0.05) is 0 Å². The third kappa shape index (κ3) is 7.86. The Kier molecular flexibility index (Phi) is 9.72. The van der Waals surface area contributed by atoms with Gasteiger partial charge in [-0.15, -0.1) is 0 Å². The maximum atomic E-state index is 12.2. The van der Waals surface area contributed by atoms with Crippen molar-refractivity contribution in [1.82, 2.24) is 16.0 Å². The minimum absolute atomic E-state index is 0.225. The van der Waals surface area contributed by atoms with Gasteiger partial charge in [0.1, 0.15) is 18.1 Å². The fourth-order valence-corrected chi connectivity index (χ4v) is 2.30. The average Bonchev–Trinajstić information content (AvgIpc) is 2.69. The molecule has 0 fully saturated rings. The Morgan fingerprint density at radius 2 is 1.45 bits per heavy atom. The largest absolute Gasteiger partial charge is 0.480 e. The molecule has 8 N–H and O–H groups in total. The third-order valence-electron chi connectivity index (χ3n) is 4.00. The molecule has 4 unspecified atom stereocenters. The minimum Gasteiger partial charge on any atom is -0.480 e. The summed E-state index contributed by atoms with van der Waals surface area (Å²) in [6.45, 7) is -0.282. The molecule has 1 aromatic carbocycles. The molecule has 3 amide bonds. The number of hydrogen-bond donors (Lipinski definition) is 7. The fraction of sp³-hybridized carbons (Fsp3) is 0.444. The highest BCUT2D eigenvalue weighted by molar-refractivity contribution is 5.94. The smallest absolute Gasteiger partial charge is 0.328 e. The quantitative estimate of drug-likeness (QED) is 0.202. The first kappa shape index (κ1) is 24.0. The van der Waals surface area contributed by atoms with Gasteiger partial charge in [0.25, 0.3) is 0 Å². The standard InChI is InChI=1S/C18H26N4O7/c1-10(15(25)22-14(9-24)18(28)29)20-17(27)13(8-23)21-16(26)12(19)7-11-5-3-2-4-6-11/h2-6,10,12-14,23-24H,7-9,19H2,1H3,(H,20,27)(H,21,26)(H,22,25)(H,28,29). The van der Waals surface area contributed by atoms with Crippen molar-refractivity contribution in [2.75, 3.05) is 13.2 Å². The monoisotopic (exact) mass is 410 g/mol. The van der Waals surface area contributed by atoms with E-state index in [1.807, 2.05) is 11.4 Å². The Bertz CT molecular complexity index is 713. The molecule has 0 heterocycles. The van der Waals surface area contributed by atoms with Crippen molar-refractivity contribution in [2.45, 2.75) is 37.5 Å². The summed E-state index contributed by atoms with van der Waals surface area (Å²) in [5.74, 6) is -3.81. The number of nitrogens with one attached hydrogen (secondary N) is 3. The number of carbonyl (C=O) groups excluding carboxylic acids is 3. The minimum atomic E-state index is -1.52. The second kappa shape index (κ2) is 11.7. The molecule has 1 aromatic rings. The summed E-state index contributed by atoms with van der Waals surface area (Å²) < 4.78 is 0. The number of carboxylic acid groups (broad SMARTS) is 1. The second-order valence-corrected chi connectivity index (χ2v) is 6.35. The predicted octanol–water partition coefficient (Wildman–Crippen LogP) is -2.90. The van der Waals surface area contributed by atoms with E-state index in [-0.39, 0.29) is 6.42 Å². The van der Waals surface area contributed by atoms with Crippen LogP contribution >= 0.6 is 0 Å². The van der Waals surface area contributed by atoms with Gasteiger partial charge in [-0.1, -0.05) is 30.3 Å². The maximum absolute atomic E-state index is 12.2. The van der Waals surface area contributed by atoms with Gasteiger partial charge in [-0.25, -0.2) is 4.79 Å². The van der Waals surface area contributed by atoms with E-state index < -0.39 is 61.1 Å². The molecule has 4 atom stereocenters. The van der Waals surface area contributed by atoms with Gasteiger partial charge in [0.2, 0.25) is 17.7 Å². The molecule has 0 saturated carbocycles. The highest BCUT2D eigenvalue weighted by Gasteiger charge is 2.27. The summed E-state index contributed by atoms with van der Waals surface area (Å²) in [6.07, 6.45) is 0.225. The summed E-state index contributed by atoms with van der Waals surface area (Å²) in [7, 11) is 0. The fourth-order valence-electron chi connectivity index (χ4n) is 2.30. The number of carboxylic acids is 1. The van der Waals surface area contributed by atoms with Crippen molar-refractivity contribution in [1.29, 1.82) is 0 Å². The van der Waals surface area contributed by atoms with Crippen LogP contribution in [0, 0.1) is 0 Å². The molecule has 1 rings (SSSR count). The lowest BCUT2D eigenvalue weighted by Crippen LogP contribution is -2.57. The van der Waals surface area contributed by atoms with Gasteiger partial charge in [-0.2, -0.15) is 0 Å². The summed E-state index contributed by atoms with van der Waals surface area (Å²) >= 11 is 0. The van der Waals surface area contributed by atoms with Crippen molar-refractivity contribution < 1.29 is 34.5 Å². The van der Waals surface area contributed by atoms with E-state index >= 15 is 0 Å². The maximum Gasteiger partial charge on any atom is 0.328 e. The molecule has 160 valence electrons. The van der Waals surface area contributed by atoms with Gasteiger partial charge in [-0.05, 0) is 18.9 Å². The zero-order chi connectivity index (χ0) is 22.0. The lowest BCUT2D eigenvalue weighted by molar-refractivity contribution is -0.143. The first-order chi connectivity index (χ1) is 13.7. The Morgan fingerprint density at radius 1 is 0.897 bits per heavy atom. The van der Waals surface area contributed by atoms with Gasteiger partial charge in [0.05, 0.1) is 19.3 Å². The topological polar surface area (TPSA) is 191 Å². The highest BCUT2D eigenvalue weighted by Crippen LogP contribution is 2.02. The zero-order valence-corrected chi connectivity index (χ0v) is 15.9. The molecule has 0 spiro atoms. The number of hydrogen-bond acceptors (Lipinski definition) is 7. The normalized spacial score (nSPS) is 14.8. The van der Waals surface area contributed by atoms with Gasteiger partial charge < -0.3 is 37.0 Å². The van der Waals surface area contributed by atoms with Crippen LogP contribution < -0.4 is 21.7 Å². The highest BCUT2D eigenvalue weighted by atomic mass is 16.4. The Hall–Kier alpha value is -3.02. The number of aliphatic hydroxyl groups excluding tert-OH is 2. The molecule has 0 aromatic heterocycles. The molecule has 0 radical (unpaired) electrons. The molecule has 11 heteroatoms. The van der Waals surface area contributed by atoms with Crippen LogP contribution in [-0.2, 0) is 25.6 Å². The summed E-state index contributed by atoms with van der Waals surface area (Å²) in [4.78, 5) is 47.2. The molecule has 0 bridgehead atoms. The number of amides is 3. The van der Waals surface area contributed by atoms with E-state index in [0.29, 0.717) is 0 Å². The third-order valence-corrected chi connectivity index (χ3v) is 4.00. The van der Waals surface area contributed by atoms with Crippen molar-refractivity contribution in [3.63, 3.8) is 0 Å². The number of aliphatic hydroxyl groups is 2. The number of nitrogens with two attached hydrogens (primary N) is 1. The zero-order valence-electron chi connectivity index (χ0n) is 15.9. The van der Waals surface area contributed by atoms with E-state index in [0.717, 1.165) is 5.56 Å². The Labute approximate surface area is 167 Å². The van der Waals surface area contributed by atoms with E-state index in [9.17, 15) is 24.3 Å². The average molecular weight is 410 g/mol. The number of aliphatic carboxylic acids is 1. The molecule has 0 saturated heterocycles. The van der Waals surface area contributed by atoms with Gasteiger partial charge >= 0.3 is 5.97 Å². The molecule has 0 aliphatic heterocycles. The molecule has 0 aliphatic carbocycles. The van der Waals surface area contributed by atoms with Gasteiger partial charge in [-0.3, -0.25) is 14.4 Å². The summed E-state index contributed by atoms with van der Waals surface area (Å²) in [5.41, 5.74) is 6.65. The summed E-state index contributed by atoms with van der Waals surface area (Å²) in [5, 5.41) is 33.7. The van der Waals surface area contributed by atoms with Crippen LogP contribution in [0.4, 0.5) is 0 Å². The Balaban J connectivity index is 2.60. The van der Waals surface area contributed by atoms with Crippen LogP contribution in [0.2, 0.25) is 0 Å². The Morgan fingerprint density at radius 3 is 1.97 bits per heavy atom. The van der Waals surface area contributed by atoms with Crippen LogP contribution in [0.3, 0.4) is 0 Å². The lowest BCUT2D eigenvalue weighted by atomic mass is 10.1. The van der Waals surface area contributed by atoms with Crippen LogP contribution in [0.15, 0.2) is 30.3 Å². The van der Waals surface area contributed by atoms with Gasteiger partial charge in [0.15, 0.2) is 0 Å². The van der Waals surface area contributed by atoms with E-state index in [4.69, 9.17) is 15.9 Å². The van der Waals surface area contributed by atoms with Crippen LogP contribution in [0.5, 0.6) is 0 Å².